The molecule has 4 rings (SSSR count). The van der Waals surface area contributed by atoms with Gasteiger partial charge in [-0.1, -0.05) is 30.3 Å². The van der Waals surface area contributed by atoms with E-state index in [1.54, 1.807) is 30.5 Å². The fourth-order valence-corrected chi connectivity index (χ4v) is 3.46. The largest absolute Gasteiger partial charge is 0.481 e. The summed E-state index contributed by atoms with van der Waals surface area (Å²) in [7, 11) is 0. The maximum Gasteiger partial charge on any atom is 0.277 e. The van der Waals surface area contributed by atoms with Crippen LogP contribution in [0.3, 0.4) is 0 Å². The van der Waals surface area contributed by atoms with E-state index in [1.165, 1.54) is 12.3 Å². The van der Waals surface area contributed by atoms with E-state index in [0.29, 0.717) is 17.0 Å². The summed E-state index contributed by atoms with van der Waals surface area (Å²) in [5.74, 6) is -0.168. The lowest BCUT2D eigenvalue weighted by molar-refractivity contribution is -0.123. The van der Waals surface area contributed by atoms with Crippen molar-refractivity contribution in [2.45, 2.75) is 13.8 Å². The summed E-state index contributed by atoms with van der Waals surface area (Å²) in [4.78, 5) is 16.4. The van der Waals surface area contributed by atoms with Crippen LogP contribution >= 0.6 is 0 Å². The van der Waals surface area contributed by atoms with E-state index < -0.39 is 5.91 Å². The van der Waals surface area contributed by atoms with Crippen molar-refractivity contribution in [3.8, 4) is 11.4 Å². The Labute approximate surface area is 179 Å². The van der Waals surface area contributed by atoms with E-state index in [-0.39, 0.29) is 12.4 Å². The van der Waals surface area contributed by atoms with E-state index in [0.717, 1.165) is 22.3 Å². The molecule has 31 heavy (non-hydrogen) atoms. The highest BCUT2D eigenvalue weighted by Crippen LogP contribution is 2.23. The van der Waals surface area contributed by atoms with Crippen molar-refractivity contribution in [2.75, 3.05) is 6.61 Å². The normalized spacial score (nSPS) is 11.2. The molecule has 6 nitrogen and oxygen atoms in total. The summed E-state index contributed by atoms with van der Waals surface area (Å²) in [6, 6.07) is 17.8. The molecule has 0 atom stereocenters. The smallest absolute Gasteiger partial charge is 0.277 e. The number of carbonyl (C=O) groups is 1. The minimum Gasteiger partial charge on any atom is -0.481 e. The van der Waals surface area contributed by atoms with Crippen LogP contribution in [-0.2, 0) is 4.79 Å². The first kappa shape index (κ1) is 20.3. The number of aromatic nitrogens is 2. The second-order valence-electron chi connectivity index (χ2n) is 7.03. The minimum atomic E-state index is -0.396. The van der Waals surface area contributed by atoms with Gasteiger partial charge < -0.3 is 9.30 Å². The quantitative estimate of drug-likeness (QED) is 0.376. The van der Waals surface area contributed by atoms with Crippen LogP contribution in [0.2, 0.25) is 0 Å². The van der Waals surface area contributed by atoms with Gasteiger partial charge in [0.1, 0.15) is 17.1 Å². The Morgan fingerprint density at radius 1 is 1.16 bits per heavy atom. The van der Waals surface area contributed by atoms with Crippen molar-refractivity contribution >= 4 is 23.0 Å². The van der Waals surface area contributed by atoms with E-state index in [9.17, 15) is 9.18 Å². The Bertz CT molecular complexity index is 1270. The van der Waals surface area contributed by atoms with Crippen LogP contribution in [0.5, 0.6) is 5.75 Å². The molecule has 1 amide bonds. The van der Waals surface area contributed by atoms with Crippen LogP contribution in [0.1, 0.15) is 17.0 Å². The van der Waals surface area contributed by atoms with Gasteiger partial charge in [0.05, 0.1) is 11.9 Å². The molecule has 0 aliphatic heterocycles. The predicted molar refractivity (Wildman–Crippen MR) is 118 cm³/mol. The number of pyridine rings is 1. The molecular formula is C24H21FN4O2. The standard InChI is InChI=1S/C24H21FN4O2/c1-16-13-19(17(2)29(16)21-10-4-3-9-20(21)25)14-27-28-23(30)15-31-22-11-5-7-18-8-6-12-26-24(18)22/h3-14H,15H2,1-2H3,(H,28,30)/b27-14-. The maximum atomic E-state index is 14.2. The molecule has 0 unspecified atom stereocenters. The number of benzene rings is 2. The zero-order valence-electron chi connectivity index (χ0n) is 17.2. The Morgan fingerprint density at radius 2 is 1.97 bits per heavy atom. The third kappa shape index (κ3) is 4.30. The first-order valence-electron chi connectivity index (χ1n) is 9.77. The molecule has 2 aromatic carbocycles. The summed E-state index contributed by atoms with van der Waals surface area (Å²) in [6.45, 7) is 3.57. The number of aryl methyl sites for hydroxylation is 1. The molecule has 2 heterocycles. The molecule has 2 aromatic heterocycles. The first-order chi connectivity index (χ1) is 15.0. The number of fused-ring (bicyclic) bond motifs is 1. The van der Waals surface area contributed by atoms with Crippen molar-refractivity contribution in [1.29, 1.82) is 0 Å². The summed E-state index contributed by atoms with van der Waals surface area (Å²) in [5.41, 5.74) is 6.08. The number of nitrogens with one attached hydrogen (secondary N) is 1. The average molecular weight is 416 g/mol. The second-order valence-corrected chi connectivity index (χ2v) is 7.03. The molecule has 0 spiro atoms. The van der Waals surface area contributed by atoms with Gasteiger partial charge in [0, 0.05) is 28.5 Å². The predicted octanol–water partition coefficient (Wildman–Crippen LogP) is 4.31. The SMILES string of the molecule is Cc1cc(/C=N\NC(=O)COc2cccc3cccnc23)c(C)n1-c1ccccc1F. The molecule has 0 aliphatic carbocycles. The molecule has 0 bridgehead atoms. The summed E-state index contributed by atoms with van der Waals surface area (Å²) >= 11 is 0. The van der Waals surface area contributed by atoms with Crippen LogP contribution in [0.15, 0.2) is 72.0 Å². The van der Waals surface area contributed by atoms with Crippen LogP contribution in [0.25, 0.3) is 16.6 Å². The number of ether oxygens (including phenoxy) is 1. The van der Waals surface area contributed by atoms with Crippen molar-refractivity contribution in [1.82, 2.24) is 15.0 Å². The van der Waals surface area contributed by atoms with E-state index in [2.05, 4.69) is 15.5 Å². The van der Waals surface area contributed by atoms with Crippen LogP contribution in [0, 0.1) is 19.7 Å². The summed E-state index contributed by atoms with van der Waals surface area (Å²) in [5, 5.41) is 4.95. The third-order valence-electron chi connectivity index (χ3n) is 4.91. The van der Waals surface area contributed by atoms with Gasteiger partial charge in [-0.25, -0.2) is 9.82 Å². The number of carbonyl (C=O) groups excluding carboxylic acids is 1. The van der Waals surface area contributed by atoms with Crippen LogP contribution in [-0.4, -0.2) is 28.3 Å². The van der Waals surface area contributed by atoms with E-state index in [1.807, 2.05) is 48.7 Å². The van der Waals surface area contributed by atoms with Crippen LogP contribution in [0.4, 0.5) is 4.39 Å². The third-order valence-corrected chi connectivity index (χ3v) is 4.91. The topological polar surface area (TPSA) is 68.5 Å². The zero-order chi connectivity index (χ0) is 21.8. The van der Waals surface area contributed by atoms with Crippen molar-refractivity contribution < 1.29 is 13.9 Å². The lowest BCUT2D eigenvalue weighted by atomic mass is 10.2. The molecule has 0 saturated heterocycles. The van der Waals surface area contributed by atoms with Gasteiger partial charge >= 0.3 is 0 Å². The van der Waals surface area contributed by atoms with E-state index in [4.69, 9.17) is 4.74 Å². The minimum absolute atomic E-state index is 0.193. The molecule has 0 fully saturated rings. The first-order valence-corrected chi connectivity index (χ1v) is 9.77. The van der Waals surface area contributed by atoms with Crippen LogP contribution < -0.4 is 10.2 Å². The molecule has 7 heteroatoms. The molecule has 0 radical (unpaired) electrons. The van der Waals surface area contributed by atoms with Gasteiger partial charge in [0.2, 0.25) is 0 Å². The molecule has 4 aromatic rings. The number of halogens is 1. The Hall–Kier alpha value is -4.00. The Morgan fingerprint density at radius 3 is 2.81 bits per heavy atom. The lowest BCUT2D eigenvalue weighted by Crippen LogP contribution is -2.24. The number of hydrazone groups is 1. The fraction of sp³-hybridized carbons (Fsp3) is 0.125. The number of hydrogen-bond acceptors (Lipinski definition) is 4. The molecule has 0 aliphatic rings. The monoisotopic (exact) mass is 416 g/mol. The number of rotatable bonds is 6. The Balaban J connectivity index is 1.41. The van der Waals surface area contributed by atoms with Crippen molar-refractivity contribution in [2.24, 2.45) is 5.10 Å². The number of hydrogen-bond donors (Lipinski definition) is 1. The van der Waals surface area contributed by atoms with Gasteiger partial charge in [0.25, 0.3) is 5.91 Å². The van der Waals surface area contributed by atoms with Gasteiger partial charge in [-0.2, -0.15) is 5.10 Å². The average Bonchev–Trinajstić information content (AvgIpc) is 3.05. The van der Waals surface area contributed by atoms with E-state index >= 15 is 0 Å². The highest BCUT2D eigenvalue weighted by Gasteiger charge is 2.12. The highest BCUT2D eigenvalue weighted by atomic mass is 19.1. The van der Waals surface area contributed by atoms with Gasteiger partial charge in [0.15, 0.2) is 6.61 Å². The maximum absolute atomic E-state index is 14.2. The zero-order valence-corrected chi connectivity index (χ0v) is 17.2. The van der Waals surface area contributed by atoms with Crippen molar-refractivity contribution in [3.05, 3.63) is 89.6 Å². The lowest BCUT2D eigenvalue weighted by Gasteiger charge is -2.10. The number of amides is 1. The van der Waals surface area contributed by atoms with Gasteiger partial charge in [-0.15, -0.1) is 0 Å². The summed E-state index contributed by atoms with van der Waals surface area (Å²) in [6.07, 6.45) is 3.22. The Kier molecular flexibility index (Phi) is 5.75. The molecule has 1 N–H and O–H groups in total. The van der Waals surface area contributed by atoms with Crippen molar-refractivity contribution in [3.63, 3.8) is 0 Å². The number of nitrogens with zero attached hydrogens (tertiary/aromatic N) is 3. The van der Waals surface area contributed by atoms with Gasteiger partial charge in [-0.3, -0.25) is 9.78 Å². The molecular weight excluding hydrogens is 395 g/mol. The fourth-order valence-electron chi connectivity index (χ4n) is 3.46. The summed E-state index contributed by atoms with van der Waals surface area (Å²) < 4.78 is 21.6. The second kappa shape index (κ2) is 8.79. The van der Waals surface area contributed by atoms with Gasteiger partial charge in [-0.05, 0) is 44.2 Å². The number of para-hydroxylation sites is 2. The highest BCUT2D eigenvalue weighted by molar-refractivity contribution is 5.86. The molecule has 0 saturated carbocycles. The molecule has 156 valence electrons.